The van der Waals surface area contributed by atoms with Gasteiger partial charge in [-0.25, -0.2) is 4.98 Å². The minimum absolute atomic E-state index is 0.412. The monoisotopic (exact) mass is 316 g/mol. The van der Waals surface area contributed by atoms with Crippen molar-refractivity contribution < 1.29 is 0 Å². The molecule has 0 unspecified atom stereocenters. The summed E-state index contributed by atoms with van der Waals surface area (Å²) in [4.78, 5) is 4.05. The van der Waals surface area contributed by atoms with Crippen LogP contribution in [0.15, 0.2) is 35.1 Å². The molecule has 0 amide bonds. The summed E-state index contributed by atoms with van der Waals surface area (Å²) in [7, 11) is 0. The van der Waals surface area contributed by atoms with Crippen LogP contribution in [0.2, 0.25) is 0 Å². The Balaban J connectivity index is 1.97. The second kappa shape index (κ2) is 5.16. The zero-order valence-electron chi connectivity index (χ0n) is 10.3. The maximum atomic E-state index is 9.08. The number of nitrogens with zero attached hydrogens (tertiary/aromatic N) is 3. The van der Waals surface area contributed by atoms with Crippen LogP contribution in [-0.4, -0.2) is 15.6 Å². The van der Waals surface area contributed by atoms with Gasteiger partial charge < -0.3 is 5.32 Å². The van der Waals surface area contributed by atoms with Gasteiger partial charge in [0.1, 0.15) is 6.07 Å². The normalized spacial score (nSPS) is 14.3. The number of nitrogens with one attached hydrogen (secondary N) is 1. The predicted octanol–water partition coefficient (Wildman–Crippen LogP) is 2.76. The Labute approximate surface area is 120 Å². The average molecular weight is 317 g/mol. The van der Waals surface area contributed by atoms with Gasteiger partial charge in [-0.05, 0) is 36.6 Å². The number of nitriles is 1. The zero-order chi connectivity index (χ0) is 13.2. The highest BCUT2D eigenvalue weighted by molar-refractivity contribution is 9.10. The fourth-order valence-corrected chi connectivity index (χ4v) is 2.46. The average Bonchev–Trinajstić information content (AvgIpc) is 3.13. The van der Waals surface area contributed by atoms with Crippen LogP contribution in [0.4, 0.5) is 0 Å². The number of benzene rings is 1. The first-order valence-electron chi connectivity index (χ1n) is 6.23. The molecule has 1 N–H and O–H groups in total. The van der Waals surface area contributed by atoms with E-state index in [-0.39, 0.29) is 0 Å². The molecule has 2 aromatic rings. The topological polar surface area (TPSA) is 53.6 Å². The van der Waals surface area contributed by atoms with E-state index in [2.05, 4.69) is 38.4 Å². The van der Waals surface area contributed by atoms with Crippen LogP contribution in [0.1, 0.15) is 24.2 Å². The Morgan fingerprint density at radius 1 is 1.47 bits per heavy atom. The van der Waals surface area contributed by atoms with Crippen LogP contribution in [0.5, 0.6) is 0 Å². The highest BCUT2D eigenvalue weighted by Crippen LogP contribution is 2.24. The second-order valence-corrected chi connectivity index (χ2v) is 5.58. The van der Waals surface area contributed by atoms with Crippen molar-refractivity contribution in [3.63, 3.8) is 0 Å². The van der Waals surface area contributed by atoms with Gasteiger partial charge >= 0.3 is 0 Å². The lowest BCUT2D eigenvalue weighted by Gasteiger charge is -2.12. The minimum Gasteiger partial charge on any atom is -0.310 e. The van der Waals surface area contributed by atoms with E-state index in [1.54, 1.807) is 6.20 Å². The summed E-state index contributed by atoms with van der Waals surface area (Å²) in [5, 5.41) is 12.6. The van der Waals surface area contributed by atoms with E-state index < -0.39 is 0 Å². The van der Waals surface area contributed by atoms with Crippen molar-refractivity contribution in [3.8, 4) is 11.8 Å². The Hall–Kier alpha value is -1.64. The van der Waals surface area contributed by atoms with Gasteiger partial charge in [0.05, 0.1) is 5.69 Å². The molecule has 0 atom stereocenters. The molecule has 1 fully saturated rings. The van der Waals surface area contributed by atoms with Crippen LogP contribution in [0.3, 0.4) is 0 Å². The smallest absolute Gasteiger partial charge is 0.217 e. The Kier molecular flexibility index (Phi) is 3.36. The number of hydrogen-bond donors (Lipinski definition) is 1. The molecule has 96 valence electrons. The Morgan fingerprint density at radius 2 is 2.32 bits per heavy atom. The predicted molar refractivity (Wildman–Crippen MR) is 75.8 cm³/mol. The summed E-state index contributed by atoms with van der Waals surface area (Å²) < 4.78 is 2.87. The summed E-state index contributed by atoms with van der Waals surface area (Å²) in [5.74, 6) is 0.412. The fourth-order valence-electron chi connectivity index (χ4n) is 2.05. The Bertz CT molecular complexity index is 637. The third kappa shape index (κ3) is 2.70. The minimum atomic E-state index is 0.412. The lowest BCUT2D eigenvalue weighted by Crippen LogP contribution is -2.17. The first-order chi connectivity index (χ1) is 9.28. The van der Waals surface area contributed by atoms with Gasteiger partial charge in [0.15, 0.2) is 0 Å². The number of halogens is 1. The molecule has 1 saturated carbocycles. The third-order valence-corrected chi connectivity index (χ3v) is 3.69. The standard InChI is InChI=1S/C14H13BrN4/c15-11-1-4-13(19-6-5-17-14(19)8-16)10(7-11)9-18-12-2-3-12/h1,4-7,12,18H,2-3,9H2. The number of rotatable bonds is 4. The highest BCUT2D eigenvalue weighted by atomic mass is 79.9. The van der Waals surface area contributed by atoms with Gasteiger partial charge in [-0.3, -0.25) is 4.57 Å². The van der Waals surface area contributed by atoms with Crippen molar-refractivity contribution in [2.75, 3.05) is 0 Å². The molecule has 1 aromatic carbocycles. The van der Waals surface area contributed by atoms with Gasteiger partial charge in [0.25, 0.3) is 0 Å². The summed E-state index contributed by atoms with van der Waals surface area (Å²) in [6.45, 7) is 0.808. The van der Waals surface area contributed by atoms with Gasteiger partial charge in [-0.1, -0.05) is 15.9 Å². The molecule has 1 heterocycles. The highest BCUT2D eigenvalue weighted by Gasteiger charge is 2.21. The van der Waals surface area contributed by atoms with Crippen molar-refractivity contribution >= 4 is 15.9 Å². The van der Waals surface area contributed by atoms with E-state index >= 15 is 0 Å². The van der Waals surface area contributed by atoms with Crippen LogP contribution in [-0.2, 0) is 6.54 Å². The van der Waals surface area contributed by atoms with Crippen LogP contribution >= 0.6 is 15.9 Å². The molecule has 0 radical (unpaired) electrons. The van der Waals surface area contributed by atoms with Gasteiger partial charge in [-0.2, -0.15) is 5.26 Å². The Morgan fingerprint density at radius 3 is 3.05 bits per heavy atom. The summed E-state index contributed by atoms with van der Waals surface area (Å²) in [5.41, 5.74) is 2.17. The molecule has 0 spiro atoms. The maximum absolute atomic E-state index is 9.08. The van der Waals surface area contributed by atoms with Crippen molar-refractivity contribution in [2.24, 2.45) is 0 Å². The lowest BCUT2D eigenvalue weighted by molar-refractivity contribution is 0.684. The first kappa shape index (κ1) is 12.4. The molecule has 5 heteroatoms. The molecule has 0 bridgehead atoms. The van der Waals surface area contributed by atoms with E-state index in [0.717, 1.165) is 22.3 Å². The van der Waals surface area contributed by atoms with Crippen LogP contribution in [0, 0.1) is 11.3 Å². The SMILES string of the molecule is N#Cc1nccn1-c1ccc(Br)cc1CNC1CC1. The third-order valence-electron chi connectivity index (χ3n) is 3.20. The first-order valence-corrected chi connectivity index (χ1v) is 7.03. The molecule has 19 heavy (non-hydrogen) atoms. The molecule has 0 saturated heterocycles. The fraction of sp³-hybridized carbons (Fsp3) is 0.286. The van der Waals surface area contributed by atoms with Crippen LogP contribution in [0.25, 0.3) is 5.69 Å². The van der Waals surface area contributed by atoms with E-state index in [9.17, 15) is 0 Å². The van der Waals surface area contributed by atoms with Crippen molar-refractivity contribution in [3.05, 3.63) is 46.5 Å². The van der Waals surface area contributed by atoms with Crippen molar-refractivity contribution in [2.45, 2.75) is 25.4 Å². The van der Waals surface area contributed by atoms with Gasteiger partial charge in [0, 0.05) is 29.5 Å². The van der Waals surface area contributed by atoms with E-state index in [1.165, 1.54) is 12.8 Å². The van der Waals surface area contributed by atoms with E-state index in [0.29, 0.717) is 11.9 Å². The van der Waals surface area contributed by atoms with Crippen molar-refractivity contribution in [1.29, 1.82) is 5.26 Å². The molecule has 1 aromatic heterocycles. The second-order valence-electron chi connectivity index (χ2n) is 4.66. The lowest BCUT2D eigenvalue weighted by atomic mass is 10.1. The summed E-state index contributed by atoms with van der Waals surface area (Å²) >= 11 is 3.50. The van der Waals surface area contributed by atoms with Gasteiger partial charge in [-0.15, -0.1) is 0 Å². The molecule has 1 aliphatic carbocycles. The molecule has 4 nitrogen and oxygen atoms in total. The van der Waals surface area contributed by atoms with Crippen LogP contribution < -0.4 is 5.32 Å². The quantitative estimate of drug-likeness (QED) is 0.943. The molecule has 0 aliphatic heterocycles. The summed E-state index contributed by atoms with van der Waals surface area (Å²) in [6.07, 6.45) is 6.00. The van der Waals surface area contributed by atoms with Gasteiger partial charge in [0.2, 0.25) is 5.82 Å². The van der Waals surface area contributed by atoms with E-state index in [1.807, 2.05) is 22.9 Å². The summed E-state index contributed by atoms with van der Waals surface area (Å²) in [6, 6.07) is 8.85. The molecular weight excluding hydrogens is 304 g/mol. The molecule has 3 rings (SSSR count). The van der Waals surface area contributed by atoms with E-state index in [4.69, 9.17) is 5.26 Å². The molecular formula is C14H13BrN4. The number of imidazole rings is 1. The van der Waals surface area contributed by atoms with Crippen molar-refractivity contribution in [1.82, 2.24) is 14.9 Å². The largest absolute Gasteiger partial charge is 0.310 e. The number of hydrogen-bond acceptors (Lipinski definition) is 3. The maximum Gasteiger partial charge on any atom is 0.217 e. The number of aromatic nitrogens is 2. The zero-order valence-corrected chi connectivity index (χ0v) is 11.9. The molecule has 1 aliphatic rings.